The number of hydrogen-bond donors (Lipinski definition) is 1. The fraction of sp³-hybridized carbons (Fsp3) is 0.513. The van der Waals surface area contributed by atoms with Gasteiger partial charge in [-0.05, 0) is 58.1 Å². The maximum Gasteiger partial charge on any atom is 0.425 e. The number of ether oxygens (including phenoxy) is 2. The number of alkyl halides is 5. The molecule has 55 heavy (non-hydrogen) atoms. The van der Waals surface area contributed by atoms with Gasteiger partial charge in [-0.3, -0.25) is 19.4 Å². The lowest BCUT2D eigenvalue weighted by Crippen LogP contribution is -2.68. The van der Waals surface area contributed by atoms with Crippen LogP contribution in [0.3, 0.4) is 0 Å². The Hall–Kier alpha value is -4.78. The number of aromatic nitrogens is 1. The lowest BCUT2D eigenvalue weighted by molar-refractivity contribution is -0.160. The summed E-state index contributed by atoms with van der Waals surface area (Å²) in [6.45, 7) is 5.22. The van der Waals surface area contributed by atoms with E-state index in [-0.39, 0.29) is 76.1 Å². The van der Waals surface area contributed by atoms with Gasteiger partial charge >= 0.3 is 12.1 Å². The van der Waals surface area contributed by atoms with E-state index in [1.165, 1.54) is 9.80 Å². The van der Waals surface area contributed by atoms with Gasteiger partial charge < -0.3 is 24.4 Å². The van der Waals surface area contributed by atoms with E-state index in [4.69, 9.17) is 9.47 Å². The number of hydrogen-bond acceptors (Lipinski definition) is 8. The van der Waals surface area contributed by atoms with Crippen molar-refractivity contribution >= 4 is 29.1 Å². The number of halogens is 5. The molecule has 0 bridgehead atoms. The molecule has 16 heteroatoms. The van der Waals surface area contributed by atoms with Crippen molar-refractivity contribution in [2.45, 2.75) is 95.4 Å². The van der Waals surface area contributed by atoms with Crippen molar-refractivity contribution in [2.24, 2.45) is 5.41 Å². The molecule has 2 aliphatic rings. The van der Waals surface area contributed by atoms with E-state index in [1.807, 2.05) is 0 Å². The van der Waals surface area contributed by atoms with Crippen LogP contribution in [0.2, 0.25) is 0 Å². The van der Waals surface area contributed by atoms with Crippen molar-refractivity contribution < 1.29 is 50.9 Å². The summed E-state index contributed by atoms with van der Waals surface area (Å²) in [6, 6.07) is 10.2. The summed E-state index contributed by atoms with van der Waals surface area (Å²) in [4.78, 5) is 46.5. The van der Waals surface area contributed by atoms with Crippen LogP contribution in [0.1, 0.15) is 98.5 Å². The van der Waals surface area contributed by atoms with Crippen LogP contribution in [-0.4, -0.2) is 75.6 Å². The number of nitrogens with zero attached hydrogens (tertiary/aromatic N) is 4. The summed E-state index contributed by atoms with van der Waals surface area (Å²) >= 11 is 0.401. The normalized spacial score (nSPS) is 20.2. The summed E-state index contributed by atoms with van der Waals surface area (Å²) in [6.07, 6.45) is -4.19. The molecular weight excluding hydrogens is 748 g/mol. The summed E-state index contributed by atoms with van der Waals surface area (Å²) in [7, 11) is 0. The molecule has 296 valence electrons. The minimum Gasteiger partial charge on any atom is -0.493 e. The molecule has 1 N–H and O–H groups in total. The molecule has 1 aromatic carbocycles. The fourth-order valence-corrected chi connectivity index (χ4v) is 8.05. The number of carboxylic acids is 1. The van der Waals surface area contributed by atoms with Gasteiger partial charge in [0.2, 0.25) is 5.60 Å². The molecule has 2 saturated heterocycles. The zero-order valence-corrected chi connectivity index (χ0v) is 31.5. The third-order valence-electron chi connectivity index (χ3n) is 10.6. The molecule has 0 radical (unpaired) electrons. The molecule has 3 aromatic rings. The van der Waals surface area contributed by atoms with Gasteiger partial charge in [0.25, 0.3) is 18.2 Å². The van der Waals surface area contributed by atoms with Crippen LogP contribution in [0.25, 0.3) is 0 Å². The second kappa shape index (κ2) is 16.5. The molecule has 10 nitrogen and oxygen atoms in total. The quantitative estimate of drug-likeness (QED) is 0.171. The third-order valence-corrected chi connectivity index (χ3v) is 11.6. The summed E-state index contributed by atoms with van der Waals surface area (Å²) in [5.41, 5.74) is -4.35. The van der Waals surface area contributed by atoms with E-state index in [9.17, 15) is 46.7 Å². The first kappa shape index (κ1) is 41.4. The lowest BCUT2D eigenvalue weighted by atomic mass is 9.72. The Morgan fingerprint density at radius 2 is 1.82 bits per heavy atom. The molecule has 5 rings (SSSR count). The minimum absolute atomic E-state index is 0.0233. The third kappa shape index (κ3) is 8.56. The Morgan fingerprint density at radius 3 is 2.44 bits per heavy atom. The molecule has 2 fully saturated rings. The number of pyridine rings is 1. The van der Waals surface area contributed by atoms with Crippen molar-refractivity contribution in [1.82, 2.24) is 14.8 Å². The summed E-state index contributed by atoms with van der Waals surface area (Å²) in [5.74, 6) is -2.16. The van der Waals surface area contributed by atoms with Crippen molar-refractivity contribution in [3.05, 3.63) is 75.7 Å². The molecule has 2 unspecified atom stereocenters. The van der Waals surface area contributed by atoms with Gasteiger partial charge in [0, 0.05) is 61.0 Å². The van der Waals surface area contributed by atoms with Crippen molar-refractivity contribution in [3.8, 4) is 17.6 Å². The molecule has 0 aliphatic carbocycles. The van der Waals surface area contributed by atoms with Gasteiger partial charge in [-0.25, -0.2) is 8.78 Å². The molecule has 0 spiro atoms. The predicted molar refractivity (Wildman–Crippen MR) is 192 cm³/mol. The Balaban J connectivity index is 1.48. The van der Waals surface area contributed by atoms with Crippen LogP contribution >= 0.6 is 11.3 Å². The van der Waals surface area contributed by atoms with Crippen LogP contribution in [0.15, 0.2) is 54.2 Å². The second-order valence-corrected chi connectivity index (χ2v) is 15.5. The number of carbonyl (C=O) groups excluding carboxylic acids is 2. The van der Waals surface area contributed by atoms with Gasteiger partial charge in [0.05, 0.1) is 35.1 Å². The molecule has 2 aliphatic heterocycles. The number of benzene rings is 1. The van der Waals surface area contributed by atoms with E-state index in [1.54, 1.807) is 45.0 Å². The first-order valence-corrected chi connectivity index (χ1v) is 18.9. The number of rotatable bonds is 13. The first-order chi connectivity index (χ1) is 26.0. The second-order valence-electron chi connectivity index (χ2n) is 14.6. The molecule has 4 heterocycles. The number of thiophene rings is 1. The van der Waals surface area contributed by atoms with Crippen molar-refractivity contribution in [2.75, 3.05) is 26.2 Å². The standard InChI is InChI=1S/C39H43F5N4O6S/c1-4-8-30-38(54-25-21-31(55-23-25)39(42,43)44,12-7-17-48(30)33(49)27-22-46-16-11-26(27)32(40)41)34(50)47-18-13-37(24-45,14-19-47)28-9-5-6-10-29(28)53-20-15-36(2,3)35(51)52/h5-6,9-11,16,21-23,30,32H,4,7-8,12-15,17-20H2,1-3H3,(H,51,52). The summed E-state index contributed by atoms with van der Waals surface area (Å²) in [5, 5.41) is 21.3. The van der Waals surface area contributed by atoms with E-state index < -0.39 is 63.3 Å². The monoisotopic (exact) mass is 790 g/mol. The maximum absolute atomic E-state index is 15.0. The van der Waals surface area contributed by atoms with Gasteiger partial charge in [-0.1, -0.05) is 31.5 Å². The Bertz CT molecular complexity index is 1900. The van der Waals surface area contributed by atoms with Crippen LogP contribution in [-0.2, 0) is 21.2 Å². The highest BCUT2D eigenvalue weighted by Gasteiger charge is 2.56. The van der Waals surface area contributed by atoms with Crippen LogP contribution in [0.4, 0.5) is 22.0 Å². The smallest absolute Gasteiger partial charge is 0.425 e. The topological polar surface area (TPSA) is 133 Å². The van der Waals surface area contributed by atoms with E-state index in [0.29, 0.717) is 29.1 Å². The Kier molecular flexibility index (Phi) is 12.4. The first-order valence-electron chi connectivity index (χ1n) is 18.0. The predicted octanol–water partition coefficient (Wildman–Crippen LogP) is 8.29. The molecule has 2 amide bonds. The van der Waals surface area contributed by atoms with Crippen LogP contribution in [0, 0.1) is 16.7 Å². The highest BCUT2D eigenvalue weighted by molar-refractivity contribution is 7.10. The average Bonchev–Trinajstić information content (AvgIpc) is 3.64. The van der Waals surface area contributed by atoms with Gasteiger partial charge in [0.15, 0.2) is 0 Å². The van der Waals surface area contributed by atoms with Crippen molar-refractivity contribution in [3.63, 3.8) is 0 Å². The SMILES string of the molecule is CCCC1N(C(=O)c2cnccc2C(F)F)CCCC1(Oc1csc(C(F)(F)F)c1)C(=O)N1CCC(C#N)(c2ccccc2OCCC(C)(C)C(=O)O)CC1. The average molecular weight is 791 g/mol. The highest BCUT2D eigenvalue weighted by atomic mass is 32.1. The van der Waals surface area contributed by atoms with Crippen LogP contribution < -0.4 is 9.47 Å². The molecule has 2 aromatic heterocycles. The molecule has 0 saturated carbocycles. The lowest BCUT2D eigenvalue weighted by Gasteiger charge is -2.51. The number of nitriles is 1. The number of carbonyl (C=O) groups is 3. The number of aliphatic carboxylic acids is 1. The van der Waals surface area contributed by atoms with Crippen molar-refractivity contribution in [1.29, 1.82) is 5.26 Å². The number of likely N-dealkylation sites (tertiary alicyclic amines) is 2. The van der Waals surface area contributed by atoms with Gasteiger partial charge in [-0.2, -0.15) is 18.4 Å². The van der Waals surface area contributed by atoms with E-state index >= 15 is 0 Å². The Morgan fingerprint density at radius 1 is 1.11 bits per heavy atom. The Labute approximate surface area is 319 Å². The van der Waals surface area contributed by atoms with Gasteiger partial charge in [-0.15, -0.1) is 11.3 Å². The van der Waals surface area contributed by atoms with Gasteiger partial charge in [0.1, 0.15) is 16.4 Å². The molecular formula is C39H43F5N4O6S. The molecule has 2 atom stereocenters. The van der Waals surface area contributed by atoms with E-state index in [2.05, 4.69) is 11.1 Å². The maximum atomic E-state index is 15.0. The number of para-hydroxylation sites is 1. The number of amides is 2. The zero-order valence-electron chi connectivity index (χ0n) is 30.7. The summed E-state index contributed by atoms with van der Waals surface area (Å²) < 4.78 is 81.7. The number of carboxylic acid groups (broad SMARTS) is 1. The van der Waals surface area contributed by atoms with E-state index in [0.717, 1.165) is 29.9 Å². The zero-order chi connectivity index (χ0) is 40.2. The largest absolute Gasteiger partial charge is 0.493 e. The fourth-order valence-electron chi connectivity index (χ4n) is 7.38. The number of piperidine rings is 2. The minimum atomic E-state index is -4.67. The highest BCUT2D eigenvalue weighted by Crippen LogP contribution is 2.45. The van der Waals surface area contributed by atoms with Crippen LogP contribution in [0.5, 0.6) is 11.5 Å².